The molecular formula is C33H31FN2O5S. The van der Waals surface area contributed by atoms with E-state index < -0.39 is 15.8 Å². The van der Waals surface area contributed by atoms with Crippen LogP contribution in [-0.4, -0.2) is 25.0 Å². The lowest BCUT2D eigenvalue weighted by atomic mass is 9.97. The number of hydrogen-bond donors (Lipinski definition) is 1. The molecule has 0 spiro atoms. The number of carbonyl (C=O) groups is 1. The first-order chi connectivity index (χ1) is 20.3. The number of fused-ring (bicyclic) bond motifs is 1. The van der Waals surface area contributed by atoms with E-state index in [0.29, 0.717) is 50.0 Å². The minimum Gasteiger partial charge on any atom is -0.489 e. The first-order valence-electron chi connectivity index (χ1n) is 13.6. The summed E-state index contributed by atoms with van der Waals surface area (Å²) in [6.07, 6.45) is 1.54. The summed E-state index contributed by atoms with van der Waals surface area (Å²) in [4.78, 5) is 12.1. The van der Waals surface area contributed by atoms with Gasteiger partial charge in [0.25, 0.3) is 0 Å². The number of para-hydroxylation sites is 1. The summed E-state index contributed by atoms with van der Waals surface area (Å²) in [6, 6.07) is 26.3. The van der Waals surface area contributed by atoms with E-state index in [0.717, 1.165) is 0 Å². The Labute approximate surface area is 244 Å². The Bertz CT molecular complexity index is 1830. The summed E-state index contributed by atoms with van der Waals surface area (Å²) in [5.74, 6) is -0.532. The molecule has 9 heteroatoms. The van der Waals surface area contributed by atoms with Crippen molar-refractivity contribution in [3.05, 3.63) is 125 Å². The minimum absolute atomic E-state index is 0.0231. The highest BCUT2D eigenvalue weighted by Gasteiger charge is 2.21. The van der Waals surface area contributed by atoms with E-state index in [2.05, 4.69) is 0 Å². The zero-order chi connectivity index (χ0) is 29.7. The number of ether oxygens (including phenoxy) is 2. The number of nitrogens with two attached hydrogens (primary N) is 1. The van der Waals surface area contributed by atoms with Gasteiger partial charge in [-0.25, -0.2) is 16.8 Å². The maximum atomic E-state index is 15.6. The third-order valence-electron chi connectivity index (χ3n) is 6.92. The van der Waals surface area contributed by atoms with Gasteiger partial charge in [-0.1, -0.05) is 66.7 Å². The van der Waals surface area contributed by atoms with Crippen molar-refractivity contribution in [2.45, 2.75) is 32.2 Å². The fraction of sp³-hybridized carbons (Fsp3) is 0.182. The summed E-state index contributed by atoms with van der Waals surface area (Å²) < 4.78 is 55.2. The quantitative estimate of drug-likeness (QED) is 0.192. The Morgan fingerprint density at radius 3 is 2.38 bits per heavy atom. The molecule has 0 bridgehead atoms. The molecule has 0 saturated carbocycles. The third-order valence-corrected chi connectivity index (χ3v) is 8.54. The van der Waals surface area contributed by atoms with Gasteiger partial charge < -0.3 is 15.2 Å². The number of hydrogen-bond acceptors (Lipinski definition) is 6. The van der Waals surface area contributed by atoms with E-state index in [-0.39, 0.29) is 37.9 Å². The largest absolute Gasteiger partial charge is 0.489 e. The summed E-state index contributed by atoms with van der Waals surface area (Å²) in [7, 11) is -3.82. The molecule has 2 N–H and O–H groups in total. The molecule has 0 fully saturated rings. The fourth-order valence-corrected chi connectivity index (χ4v) is 6.39. The number of rotatable bonds is 11. The zero-order valence-electron chi connectivity index (χ0n) is 23.1. The standard InChI is InChI=1S/C33H31FN2O5S/c1-2-40-32(37)19-25-11-6-7-14-31(25)41-21-24-17-29(28-13-8-12-26(20-35)33(28)34)27-15-16-36(30(27)18-24)42(38,39)22-23-9-4-3-5-10-23/h3-18H,2,19-22,35H2,1H3. The second-order valence-electron chi connectivity index (χ2n) is 9.79. The van der Waals surface area contributed by atoms with Gasteiger partial charge in [0.15, 0.2) is 0 Å². The van der Waals surface area contributed by atoms with Gasteiger partial charge >= 0.3 is 5.97 Å². The van der Waals surface area contributed by atoms with Crippen LogP contribution < -0.4 is 10.5 Å². The predicted octanol–water partition coefficient (Wildman–Crippen LogP) is 5.97. The van der Waals surface area contributed by atoms with Crippen LogP contribution in [-0.2, 0) is 44.9 Å². The minimum atomic E-state index is -3.82. The lowest BCUT2D eigenvalue weighted by Gasteiger charge is -2.15. The molecule has 1 heterocycles. The predicted molar refractivity (Wildman–Crippen MR) is 161 cm³/mol. The van der Waals surface area contributed by atoms with Crippen molar-refractivity contribution >= 4 is 26.9 Å². The van der Waals surface area contributed by atoms with Crippen LogP contribution in [0.25, 0.3) is 22.0 Å². The SMILES string of the molecule is CCOC(=O)Cc1ccccc1OCc1cc(-c2cccc(CN)c2F)c2ccn(S(=O)(=O)Cc3ccccc3)c2c1. The normalized spacial score (nSPS) is 11.5. The van der Waals surface area contributed by atoms with Crippen LogP contribution in [0.2, 0.25) is 0 Å². The molecule has 0 atom stereocenters. The van der Waals surface area contributed by atoms with E-state index in [9.17, 15) is 13.2 Å². The number of esters is 1. The average molecular weight is 587 g/mol. The Balaban J connectivity index is 1.58. The van der Waals surface area contributed by atoms with Crippen molar-refractivity contribution in [3.8, 4) is 16.9 Å². The van der Waals surface area contributed by atoms with Gasteiger partial charge in [0.2, 0.25) is 10.0 Å². The Morgan fingerprint density at radius 1 is 0.881 bits per heavy atom. The van der Waals surface area contributed by atoms with E-state index >= 15 is 4.39 Å². The van der Waals surface area contributed by atoms with Gasteiger partial charge in [-0.3, -0.25) is 4.79 Å². The number of benzene rings is 4. The first-order valence-corrected chi connectivity index (χ1v) is 15.2. The fourth-order valence-electron chi connectivity index (χ4n) is 4.94. The Morgan fingerprint density at radius 2 is 1.62 bits per heavy atom. The van der Waals surface area contributed by atoms with Gasteiger partial charge in [-0.2, -0.15) is 0 Å². The monoisotopic (exact) mass is 586 g/mol. The topological polar surface area (TPSA) is 101 Å². The summed E-state index contributed by atoms with van der Waals surface area (Å²) in [6.45, 7) is 2.09. The van der Waals surface area contributed by atoms with Crippen LogP contribution in [0, 0.1) is 5.82 Å². The molecule has 5 aromatic rings. The lowest BCUT2D eigenvalue weighted by molar-refractivity contribution is -0.142. The average Bonchev–Trinajstić information content (AvgIpc) is 3.42. The van der Waals surface area contributed by atoms with Gasteiger partial charge in [-0.15, -0.1) is 0 Å². The summed E-state index contributed by atoms with van der Waals surface area (Å²) >= 11 is 0. The molecule has 42 heavy (non-hydrogen) atoms. The maximum Gasteiger partial charge on any atom is 0.310 e. The highest BCUT2D eigenvalue weighted by atomic mass is 32.2. The third kappa shape index (κ3) is 6.22. The molecule has 1 aromatic heterocycles. The summed E-state index contributed by atoms with van der Waals surface area (Å²) in [5, 5.41) is 0.575. The number of aromatic nitrogens is 1. The molecule has 0 aliphatic carbocycles. The van der Waals surface area contributed by atoms with E-state index in [1.165, 1.54) is 10.2 Å². The van der Waals surface area contributed by atoms with Gasteiger partial charge in [0, 0.05) is 34.8 Å². The van der Waals surface area contributed by atoms with Crippen LogP contribution in [0.5, 0.6) is 5.75 Å². The molecular weight excluding hydrogens is 555 g/mol. The van der Waals surface area contributed by atoms with Crippen molar-refractivity contribution in [2.75, 3.05) is 6.61 Å². The smallest absolute Gasteiger partial charge is 0.310 e. The van der Waals surface area contributed by atoms with Crippen molar-refractivity contribution < 1.29 is 27.1 Å². The van der Waals surface area contributed by atoms with Crippen LogP contribution in [0.15, 0.2) is 97.2 Å². The van der Waals surface area contributed by atoms with Gasteiger partial charge in [-0.05, 0) is 47.9 Å². The van der Waals surface area contributed by atoms with Crippen molar-refractivity contribution in [1.82, 2.24) is 3.97 Å². The number of nitrogens with zero attached hydrogens (tertiary/aromatic N) is 1. The second kappa shape index (κ2) is 12.6. The highest BCUT2D eigenvalue weighted by Crippen LogP contribution is 2.35. The van der Waals surface area contributed by atoms with E-state index in [1.807, 2.05) is 12.1 Å². The molecule has 216 valence electrons. The first kappa shape index (κ1) is 29.0. The molecule has 5 rings (SSSR count). The van der Waals surface area contributed by atoms with E-state index in [1.54, 1.807) is 85.8 Å². The van der Waals surface area contributed by atoms with Crippen LogP contribution >= 0.6 is 0 Å². The number of carbonyl (C=O) groups excluding carboxylic acids is 1. The molecule has 0 aliphatic heterocycles. The zero-order valence-corrected chi connectivity index (χ0v) is 23.9. The summed E-state index contributed by atoms with van der Waals surface area (Å²) in [5.41, 5.74) is 9.30. The van der Waals surface area contributed by atoms with Crippen molar-refractivity contribution in [2.24, 2.45) is 5.73 Å². The molecule has 7 nitrogen and oxygen atoms in total. The van der Waals surface area contributed by atoms with Crippen LogP contribution in [0.3, 0.4) is 0 Å². The highest BCUT2D eigenvalue weighted by molar-refractivity contribution is 7.89. The van der Waals surface area contributed by atoms with Gasteiger partial charge in [0.05, 0.1) is 24.3 Å². The maximum absolute atomic E-state index is 15.6. The van der Waals surface area contributed by atoms with Crippen molar-refractivity contribution in [3.63, 3.8) is 0 Å². The van der Waals surface area contributed by atoms with Crippen LogP contribution in [0.1, 0.15) is 29.2 Å². The van der Waals surface area contributed by atoms with E-state index in [4.69, 9.17) is 15.2 Å². The second-order valence-corrected chi connectivity index (χ2v) is 11.6. The molecule has 0 amide bonds. The molecule has 0 saturated heterocycles. The molecule has 0 radical (unpaired) electrons. The van der Waals surface area contributed by atoms with Crippen LogP contribution in [0.4, 0.5) is 4.39 Å². The Hall–Kier alpha value is -4.47. The molecule has 4 aromatic carbocycles. The molecule has 0 aliphatic rings. The van der Waals surface area contributed by atoms with Gasteiger partial charge in [0.1, 0.15) is 18.2 Å². The number of halogens is 1. The Kier molecular flexibility index (Phi) is 8.70. The molecule has 0 unspecified atom stereocenters. The lowest BCUT2D eigenvalue weighted by Crippen LogP contribution is -2.14. The van der Waals surface area contributed by atoms with Crippen molar-refractivity contribution in [1.29, 1.82) is 0 Å².